The number of carbonyl (C=O) groups excluding carboxylic acids is 1. The number of likely N-dealkylation sites (N-methyl/N-ethyl adjacent to an activating group) is 1. The molecule has 1 atom stereocenters. The number of aromatic nitrogens is 4. The fraction of sp³-hybridized carbons (Fsp3) is 0.467. The molecule has 116 valence electrons. The largest absolute Gasteiger partial charge is 0.349 e. The molecule has 1 aliphatic heterocycles. The topological polar surface area (TPSA) is 67.2 Å². The van der Waals surface area contributed by atoms with Gasteiger partial charge in [0.05, 0.1) is 25.1 Å². The first-order chi connectivity index (χ1) is 10.7. The van der Waals surface area contributed by atoms with E-state index in [1.54, 1.807) is 24.8 Å². The third-order valence-corrected chi connectivity index (χ3v) is 4.01. The molecule has 0 radical (unpaired) electrons. The molecule has 22 heavy (non-hydrogen) atoms. The lowest BCUT2D eigenvalue weighted by atomic mass is 10.1. The molecular weight excluding hydrogens is 280 g/mol. The first-order valence-electron chi connectivity index (χ1n) is 7.46. The molecule has 0 N–H and O–H groups in total. The second-order valence-corrected chi connectivity index (χ2v) is 5.57. The van der Waals surface area contributed by atoms with Crippen LogP contribution in [0.4, 0.5) is 5.82 Å². The minimum atomic E-state index is 0.123. The number of hydrogen-bond donors (Lipinski definition) is 0. The summed E-state index contributed by atoms with van der Waals surface area (Å²) in [5.41, 5.74) is 0. The van der Waals surface area contributed by atoms with E-state index < -0.39 is 0 Å². The molecule has 1 fully saturated rings. The summed E-state index contributed by atoms with van der Waals surface area (Å²) in [5.74, 6) is 0.831. The van der Waals surface area contributed by atoms with Crippen molar-refractivity contribution in [3.8, 4) is 0 Å². The second-order valence-electron chi connectivity index (χ2n) is 5.57. The predicted octanol–water partition coefficient (Wildman–Crippen LogP) is 0.973. The second kappa shape index (κ2) is 6.55. The zero-order valence-electron chi connectivity index (χ0n) is 12.7. The van der Waals surface area contributed by atoms with Crippen molar-refractivity contribution in [2.45, 2.75) is 18.9 Å². The van der Waals surface area contributed by atoms with Crippen molar-refractivity contribution in [1.29, 1.82) is 0 Å². The Bertz CT molecular complexity index is 600. The number of carbonyl (C=O) groups is 1. The summed E-state index contributed by atoms with van der Waals surface area (Å²) < 4.78 is 2.09. The van der Waals surface area contributed by atoms with Crippen molar-refractivity contribution in [3.63, 3.8) is 0 Å². The molecule has 0 bridgehead atoms. The first-order valence-corrected chi connectivity index (χ1v) is 7.46. The van der Waals surface area contributed by atoms with Crippen molar-refractivity contribution in [2.24, 2.45) is 0 Å². The van der Waals surface area contributed by atoms with Gasteiger partial charge in [0.2, 0.25) is 5.91 Å². The molecule has 0 unspecified atom stereocenters. The van der Waals surface area contributed by atoms with Gasteiger partial charge in [-0.1, -0.05) is 0 Å². The smallest absolute Gasteiger partial charge is 0.242 e. The Hall–Kier alpha value is -2.44. The van der Waals surface area contributed by atoms with Crippen LogP contribution in [0, 0.1) is 0 Å². The summed E-state index contributed by atoms with van der Waals surface area (Å²) >= 11 is 0. The van der Waals surface area contributed by atoms with Crippen LogP contribution in [0.3, 0.4) is 0 Å². The number of imidazole rings is 1. The van der Waals surface area contributed by atoms with Gasteiger partial charge >= 0.3 is 0 Å². The van der Waals surface area contributed by atoms with Gasteiger partial charge in [-0.25, -0.2) is 9.97 Å². The zero-order chi connectivity index (χ0) is 15.4. The lowest BCUT2D eigenvalue weighted by Crippen LogP contribution is -2.45. The lowest BCUT2D eigenvalue weighted by molar-refractivity contribution is -0.131. The standard InChI is InChI=1S/C15H20N6O/c1-19(14-9-16-4-5-18-14)11-15(22)20-7-2-3-13(10-20)21-8-6-17-12-21/h4-6,8-9,12-13H,2-3,7,10-11H2,1H3/t13-/m0/s1. The van der Waals surface area contributed by atoms with E-state index in [0.29, 0.717) is 18.4 Å². The minimum absolute atomic E-state index is 0.123. The van der Waals surface area contributed by atoms with Gasteiger partial charge in [0.1, 0.15) is 5.82 Å². The van der Waals surface area contributed by atoms with E-state index in [4.69, 9.17) is 0 Å². The van der Waals surface area contributed by atoms with Crippen molar-refractivity contribution >= 4 is 11.7 Å². The fourth-order valence-corrected chi connectivity index (χ4v) is 2.78. The third kappa shape index (κ3) is 3.24. The SMILES string of the molecule is CN(CC(=O)N1CCC[C@H](n2ccnc2)C1)c1cnccn1. The summed E-state index contributed by atoms with van der Waals surface area (Å²) in [7, 11) is 1.86. The van der Waals surface area contributed by atoms with Crippen LogP contribution < -0.4 is 4.90 Å². The molecule has 1 aliphatic rings. The normalized spacial score (nSPS) is 18.2. The maximum absolute atomic E-state index is 12.5. The summed E-state index contributed by atoms with van der Waals surface area (Å²) in [4.78, 5) is 28.6. The number of piperidine rings is 1. The lowest BCUT2D eigenvalue weighted by Gasteiger charge is -2.34. The highest BCUT2D eigenvalue weighted by Crippen LogP contribution is 2.21. The summed E-state index contributed by atoms with van der Waals surface area (Å²) in [6.07, 6.45) is 12.6. The Morgan fingerprint density at radius 3 is 3.00 bits per heavy atom. The third-order valence-electron chi connectivity index (χ3n) is 4.01. The highest BCUT2D eigenvalue weighted by atomic mass is 16.2. The Labute approximate surface area is 129 Å². The Morgan fingerprint density at radius 1 is 1.36 bits per heavy atom. The highest BCUT2D eigenvalue weighted by molar-refractivity contribution is 5.81. The van der Waals surface area contributed by atoms with Crippen LogP contribution in [-0.2, 0) is 4.79 Å². The molecule has 7 heteroatoms. The molecule has 3 rings (SSSR count). The van der Waals surface area contributed by atoms with E-state index in [0.717, 1.165) is 25.9 Å². The predicted molar refractivity (Wildman–Crippen MR) is 82.4 cm³/mol. The van der Waals surface area contributed by atoms with Crippen LogP contribution in [0.5, 0.6) is 0 Å². The number of nitrogens with zero attached hydrogens (tertiary/aromatic N) is 6. The molecule has 7 nitrogen and oxygen atoms in total. The van der Waals surface area contributed by atoms with E-state index in [1.165, 1.54) is 0 Å². The molecular formula is C15H20N6O. The Kier molecular flexibility index (Phi) is 4.32. The van der Waals surface area contributed by atoms with E-state index in [-0.39, 0.29) is 5.91 Å². The van der Waals surface area contributed by atoms with Crippen molar-refractivity contribution in [1.82, 2.24) is 24.4 Å². The van der Waals surface area contributed by atoms with Crippen molar-refractivity contribution in [2.75, 3.05) is 31.6 Å². The molecule has 3 heterocycles. The van der Waals surface area contributed by atoms with Crippen molar-refractivity contribution in [3.05, 3.63) is 37.3 Å². The molecule has 0 spiro atoms. The molecule has 0 aromatic carbocycles. The van der Waals surface area contributed by atoms with Gasteiger partial charge in [0.25, 0.3) is 0 Å². The quantitative estimate of drug-likeness (QED) is 0.842. The summed E-state index contributed by atoms with van der Waals surface area (Å²) in [5, 5.41) is 0. The van der Waals surface area contributed by atoms with Crippen LogP contribution >= 0.6 is 0 Å². The maximum atomic E-state index is 12.5. The number of hydrogen-bond acceptors (Lipinski definition) is 5. The Balaban J connectivity index is 1.60. The summed E-state index contributed by atoms with van der Waals surface area (Å²) in [6, 6.07) is 0.321. The van der Waals surface area contributed by atoms with Gasteiger partial charge in [-0.2, -0.15) is 0 Å². The average molecular weight is 300 g/mol. The van der Waals surface area contributed by atoms with Gasteiger partial charge in [0.15, 0.2) is 0 Å². The number of amides is 1. The summed E-state index contributed by atoms with van der Waals surface area (Å²) in [6.45, 7) is 1.87. The molecule has 0 aliphatic carbocycles. The van der Waals surface area contributed by atoms with E-state index in [2.05, 4.69) is 19.5 Å². The molecule has 2 aromatic rings. The van der Waals surface area contributed by atoms with Gasteiger partial charge < -0.3 is 14.4 Å². The fourth-order valence-electron chi connectivity index (χ4n) is 2.78. The van der Waals surface area contributed by atoms with Crippen LogP contribution in [0.1, 0.15) is 18.9 Å². The van der Waals surface area contributed by atoms with Gasteiger partial charge in [-0.15, -0.1) is 0 Å². The molecule has 1 amide bonds. The van der Waals surface area contributed by atoms with Crippen LogP contribution in [0.15, 0.2) is 37.3 Å². The number of anilines is 1. The molecule has 2 aromatic heterocycles. The minimum Gasteiger partial charge on any atom is -0.349 e. The monoisotopic (exact) mass is 300 g/mol. The average Bonchev–Trinajstić information content (AvgIpc) is 3.10. The molecule has 0 saturated carbocycles. The van der Waals surface area contributed by atoms with Crippen LogP contribution in [0.2, 0.25) is 0 Å². The van der Waals surface area contributed by atoms with Gasteiger partial charge in [-0.3, -0.25) is 9.78 Å². The number of likely N-dealkylation sites (tertiary alicyclic amines) is 1. The van der Waals surface area contributed by atoms with Crippen LogP contribution in [0.25, 0.3) is 0 Å². The van der Waals surface area contributed by atoms with Gasteiger partial charge in [-0.05, 0) is 12.8 Å². The van der Waals surface area contributed by atoms with Crippen molar-refractivity contribution < 1.29 is 4.79 Å². The molecule has 1 saturated heterocycles. The number of rotatable bonds is 4. The van der Waals surface area contributed by atoms with Crippen LogP contribution in [-0.4, -0.2) is 57.0 Å². The Morgan fingerprint density at radius 2 is 2.27 bits per heavy atom. The van der Waals surface area contributed by atoms with E-state index in [9.17, 15) is 4.79 Å². The zero-order valence-corrected chi connectivity index (χ0v) is 12.7. The highest BCUT2D eigenvalue weighted by Gasteiger charge is 2.25. The van der Waals surface area contributed by atoms with E-state index >= 15 is 0 Å². The first kappa shape index (κ1) is 14.5. The maximum Gasteiger partial charge on any atom is 0.242 e. The van der Waals surface area contributed by atoms with Gasteiger partial charge in [0, 0.05) is 44.9 Å². The van der Waals surface area contributed by atoms with E-state index in [1.807, 2.05) is 29.4 Å².